The smallest absolute Gasteiger partial charge is 0.338 e. The minimum Gasteiger partial charge on any atom is -0.459 e. The third kappa shape index (κ3) is 9.97. The van der Waals surface area contributed by atoms with Gasteiger partial charge in [-0.25, -0.2) is 19.2 Å². The molecule has 9 atom stereocenters. The van der Waals surface area contributed by atoms with Crippen molar-refractivity contribution >= 4 is 35.6 Å². The molecule has 2 aliphatic heterocycles. The van der Waals surface area contributed by atoms with E-state index in [1.54, 1.807) is 84.9 Å². The predicted molar refractivity (Wildman–Crippen MR) is 197 cm³/mol. The van der Waals surface area contributed by atoms with Gasteiger partial charge in [-0.3, -0.25) is 0 Å². The van der Waals surface area contributed by atoms with Crippen molar-refractivity contribution in [2.24, 2.45) is 0 Å². The highest BCUT2D eigenvalue weighted by molar-refractivity contribution is 8.00. The van der Waals surface area contributed by atoms with Crippen molar-refractivity contribution in [1.82, 2.24) is 0 Å². The number of ether oxygens (including phenoxy) is 7. The third-order valence-corrected chi connectivity index (χ3v) is 10.1. The van der Waals surface area contributed by atoms with Gasteiger partial charge in [0.05, 0.1) is 34.1 Å². The van der Waals surface area contributed by atoms with Crippen molar-refractivity contribution in [2.75, 3.05) is 19.0 Å². The van der Waals surface area contributed by atoms with E-state index in [9.17, 15) is 29.4 Å². The fourth-order valence-electron chi connectivity index (χ4n) is 6.08. The van der Waals surface area contributed by atoms with E-state index >= 15 is 0 Å². The first-order chi connectivity index (χ1) is 26.7. The maximum Gasteiger partial charge on any atom is 0.338 e. The van der Waals surface area contributed by atoms with Crippen LogP contribution in [-0.4, -0.2) is 108 Å². The van der Waals surface area contributed by atoms with Gasteiger partial charge in [0, 0.05) is 0 Å². The summed E-state index contributed by atoms with van der Waals surface area (Å²) in [7, 11) is 0. The van der Waals surface area contributed by atoms with Crippen molar-refractivity contribution in [3.05, 3.63) is 144 Å². The van der Waals surface area contributed by atoms with Gasteiger partial charge >= 0.3 is 23.9 Å². The Bertz CT molecular complexity index is 1860. The molecule has 13 nitrogen and oxygen atoms in total. The Morgan fingerprint density at radius 3 is 1.47 bits per heavy atom. The van der Waals surface area contributed by atoms with Gasteiger partial charge in [-0.1, -0.05) is 79.7 Å². The number of rotatable bonds is 14. The Labute approximate surface area is 321 Å². The SMILES string of the molecule is CCS[C@H]1[C@H](OC[C@H]2O[C@H](O)[C@@H](OC(=O)c3ccccc3)[C@@H](OC(=O)c3ccccc3)[C@@H]2OC(=O)c2ccccc2)O[C@H](COC(=O)c2ccccc2)[C@@H]1O. The molecule has 2 aliphatic rings. The van der Waals surface area contributed by atoms with Gasteiger partial charge in [-0.2, -0.15) is 11.8 Å². The van der Waals surface area contributed by atoms with E-state index in [-0.39, 0.29) is 23.3 Å². The number of hydrogen-bond donors (Lipinski definition) is 2. The summed E-state index contributed by atoms with van der Waals surface area (Å²) in [4.78, 5) is 53.0. The Morgan fingerprint density at radius 1 is 0.564 bits per heavy atom. The van der Waals surface area contributed by atoms with E-state index in [1.807, 2.05) is 6.92 Å². The molecule has 2 saturated heterocycles. The van der Waals surface area contributed by atoms with Crippen molar-refractivity contribution in [3.8, 4) is 0 Å². The molecule has 288 valence electrons. The minimum atomic E-state index is -1.89. The van der Waals surface area contributed by atoms with Crippen molar-refractivity contribution in [1.29, 1.82) is 0 Å². The van der Waals surface area contributed by atoms with Crippen LogP contribution in [0.3, 0.4) is 0 Å². The van der Waals surface area contributed by atoms with E-state index in [2.05, 4.69) is 0 Å². The first kappa shape index (κ1) is 39.6. The number of carbonyl (C=O) groups excluding carboxylic acids is 4. The number of esters is 4. The average molecular weight is 773 g/mol. The molecule has 14 heteroatoms. The second kappa shape index (κ2) is 19.0. The third-order valence-electron chi connectivity index (χ3n) is 8.83. The average Bonchev–Trinajstić information content (AvgIpc) is 3.52. The van der Waals surface area contributed by atoms with Crippen LogP contribution in [0.15, 0.2) is 121 Å². The van der Waals surface area contributed by atoms with Crippen LogP contribution in [0.4, 0.5) is 0 Å². The van der Waals surface area contributed by atoms with Gasteiger partial charge in [0.1, 0.15) is 24.9 Å². The zero-order valence-corrected chi connectivity index (χ0v) is 30.5. The highest BCUT2D eigenvalue weighted by Crippen LogP contribution is 2.35. The van der Waals surface area contributed by atoms with Crippen molar-refractivity contribution < 1.29 is 62.5 Å². The normalized spacial score (nSPS) is 26.1. The van der Waals surface area contributed by atoms with Gasteiger partial charge < -0.3 is 43.4 Å². The lowest BCUT2D eigenvalue weighted by molar-refractivity contribution is -0.293. The molecule has 0 unspecified atom stereocenters. The number of thioether (sulfide) groups is 1. The van der Waals surface area contributed by atoms with Crippen LogP contribution in [0.5, 0.6) is 0 Å². The fourth-order valence-corrected chi connectivity index (χ4v) is 7.14. The first-order valence-corrected chi connectivity index (χ1v) is 18.7. The van der Waals surface area contributed by atoms with Gasteiger partial charge in [0.2, 0.25) is 0 Å². The number of carbonyl (C=O) groups is 4. The van der Waals surface area contributed by atoms with Crippen LogP contribution in [-0.2, 0) is 33.2 Å². The maximum atomic E-state index is 13.6. The van der Waals surface area contributed by atoms with Gasteiger partial charge in [0.25, 0.3) is 0 Å². The lowest BCUT2D eigenvalue weighted by Gasteiger charge is -2.43. The molecule has 0 radical (unpaired) electrons. The molecule has 0 spiro atoms. The molecular weight excluding hydrogens is 733 g/mol. The largest absolute Gasteiger partial charge is 0.459 e. The summed E-state index contributed by atoms with van der Waals surface area (Å²) in [6, 6.07) is 32.4. The summed E-state index contributed by atoms with van der Waals surface area (Å²) >= 11 is 1.35. The van der Waals surface area contributed by atoms with E-state index in [0.29, 0.717) is 11.3 Å². The second-order valence-corrected chi connectivity index (χ2v) is 14.0. The molecular formula is C41H40O13S. The quantitative estimate of drug-likeness (QED) is 0.136. The molecule has 4 aromatic carbocycles. The van der Waals surface area contributed by atoms with Crippen LogP contribution in [0.25, 0.3) is 0 Å². The Morgan fingerprint density at radius 2 is 1.00 bits per heavy atom. The molecule has 0 aromatic heterocycles. The first-order valence-electron chi connectivity index (χ1n) is 17.6. The molecule has 2 heterocycles. The standard InChI is InChI=1S/C41H40O13S/c1-2-55-35-31(42)29(23-48-36(43)25-15-7-3-8-16-25)51-41(35)49-24-30-32(52-37(44)26-17-9-4-10-18-26)33(53-38(45)27-19-11-5-12-20-27)34(40(47)50-30)54-39(46)28-21-13-6-14-22-28/h3-22,29-35,40-42,47H,2,23-24H2,1H3/t29-,30-,31+,32-,33+,34+,35-,40+,41-/m1/s1. The molecule has 4 aromatic rings. The Kier molecular flexibility index (Phi) is 13.7. The zero-order chi connectivity index (χ0) is 38.7. The van der Waals surface area contributed by atoms with Gasteiger partial charge in [0.15, 0.2) is 30.9 Å². The Balaban J connectivity index is 1.26. The fraction of sp³-hybridized carbons (Fsp3) is 0.317. The number of aliphatic hydroxyl groups is 2. The monoisotopic (exact) mass is 772 g/mol. The summed E-state index contributed by atoms with van der Waals surface area (Å²) in [6.45, 7) is 1.20. The Hall–Kier alpha value is -5.09. The van der Waals surface area contributed by atoms with E-state index in [0.717, 1.165) is 0 Å². The van der Waals surface area contributed by atoms with Crippen LogP contribution < -0.4 is 0 Å². The molecule has 0 bridgehead atoms. The summed E-state index contributed by atoms with van der Waals surface area (Å²) in [5, 5.41) is 21.9. The highest BCUT2D eigenvalue weighted by Gasteiger charge is 2.53. The molecule has 6 rings (SSSR count). The molecule has 0 amide bonds. The van der Waals surface area contributed by atoms with Crippen molar-refractivity contribution in [3.63, 3.8) is 0 Å². The van der Waals surface area contributed by atoms with E-state index in [4.69, 9.17) is 33.2 Å². The summed E-state index contributed by atoms with van der Waals surface area (Å²) in [6.07, 6.45) is -11.1. The van der Waals surface area contributed by atoms with Gasteiger partial charge in [-0.15, -0.1) is 0 Å². The zero-order valence-electron chi connectivity index (χ0n) is 29.7. The predicted octanol–water partition coefficient (Wildman–Crippen LogP) is 4.46. The lowest BCUT2D eigenvalue weighted by atomic mass is 9.97. The van der Waals surface area contributed by atoms with Crippen LogP contribution >= 0.6 is 11.8 Å². The molecule has 2 N–H and O–H groups in total. The number of hydrogen-bond acceptors (Lipinski definition) is 14. The molecule has 2 fully saturated rings. The summed E-state index contributed by atoms with van der Waals surface area (Å²) < 4.78 is 41.2. The summed E-state index contributed by atoms with van der Waals surface area (Å²) in [5.41, 5.74) is 0.784. The summed E-state index contributed by atoms with van der Waals surface area (Å²) in [5.74, 6) is -2.55. The lowest BCUT2D eigenvalue weighted by Crippen LogP contribution is -2.62. The topological polar surface area (TPSA) is 173 Å². The van der Waals surface area contributed by atoms with Crippen LogP contribution in [0, 0.1) is 0 Å². The van der Waals surface area contributed by atoms with Crippen molar-refractivity contribution in [2.45, 2.75) is 61.4 Å². The van der Waals surface area contributed by atoms with E-state index < -0.39 is 84.9 Å². The van der Waals surface area contributed by atoms with Crippen LogP contribution in [0.1, 0.15) is 48.4 Å². The number of benzene rings is 4. The highest BCUT2D eigenvalue weighted by atomic mass is 32.2. The number of aliphatic hydroxyl groups excluding tert-OH is 2. The maximum absolute atomic E-state index is 13.6. The second-order valence-electron chi connectivity index (χ2n) is 12.5. The van der Waals surface area contributed by atoms with E-state index in [1.165, 1.54) is 48.2 Å². The van der Waals surface area contributed by atoms with Crippen LogP contribution in [0.2, 0.25) is 0 Å². The molecule has 0 saturated carbocycles. The minimum absolute atomic E-state index is 0.143. The molecule has 55 heavy (non-hydrogen) atoms. The van der Waals surface area contributed by atoms with Gasteiger partial charge in [-0.05, 0) is 54.3 Å². The molecule has 0 aliphatic carbocycles.